The van der Waals surface area contributed by atoms with Gasteiger partial charge in [0.25, 0.3) is 0 Å². The van der Waals surface area contributed by atoms with E-state index < -0.39 is 23.5 Å². The lowest BCUT2D eigenvalue weighted by Crippen LogP contribution is -2.43. The molecular formula is C14H14ClNO4S. The van der Waals surface area contributed by atoms with E-state index in [2.05, 4.69) is 6.58 Å². The van der Waals surface area contributed by atoms with E-state index in [0.717, 1.165) is 0 Å². The van der Waals surface area contributed by atoms with Gasteiger partial charge in [-0.25, -0.2) is 9.59 Å². The number of halogens is 1. The molecule has 0 saturated carbocycles. The van der Waals surface area contributed by atoms with Gasteiger partial charge in [-0.05, 0) is 6.07 Å². The van der Waals surface area contributed by atoms with E-state index >= 15 is 0 Å². The number of benzene rings is 1. The predicted molar refractivity (Wildman–Crippen MR) is 81.5 cm³/mol. The molecule has 0 spiro atoms. The van der Waals surface area contributed by atoms with Gasteiger partial charge in [-0.3, -0.25) is 4.90 Å². The molecule has 1 aromatic rings. The van der Waals surface area contributed by atoms with Crippen LogP contribution in [0.5, 0.6) is 0 Å². The summed E-state index contributed by atoms with van der Waals surface area (Å²) in [6.07, 6.45) is 0.749. The molecule has 2 rings (SSSR count). The van der Waals surface area contributed by atoms with Crippen molar-refractivity contribution in [1.82, 2.24) is 4.90 Å². The van der Waals surface area contributed by atoms with E-state index in [0.29, 0.717) is 10.6 Å². The van der Waals surface area contributed by atoms with Gasteiger partial charge >= 0.3 is 12.1 Å². The Hall–Kier alpha value is -1.66. The van der Waals surface area contributed by atoms with Crippen molar-refractivity contribution < 1.29 is 19.4 Å². The molecule has 1 saturated heterocycles. The third kappa shape index (κ3) is 3.33. The summed E-state index contributed by atoms with van der Waals surface area (Å²) >= 11 is 7.50. The zero-order valence-corrected chi connectivity index (χ0v) is 12.6. The highest BCUT2D eigenvalue weighted by Gasteiger charge is 2.43. The van der Waals surface area contributed by atoms with Gasteiger partial charge in [-0.2, -0.15) is 0 Å². The summed E-state index contributed by atoms with van der Waals surface area (Å²) in [6, 6.07) is 6.12. The Kier molecular flexibility index (Phi) is 5.14. The van der Waals surface area contributed by atoms with Crippen LogP contribution in [0.15, 0.2) is 36.9 Å². The number of carboxylic acid groups (broad SMARTS) is 1. The number of carbonyl (C=O) groups is 2. The summed E-state index contributed by atoms with van der Waals surface area (Å²) in [5, 5.41) is 9.29. The van der Waals surface area contributed by atoms with Crippen molar-refractivity contribution >= 4 is 35.4 Å². The topological polar surface area (TPSA) is 66.8 Å². The van der Waals surface area contributed by atoms with Crippen molar-refractivity contribution in [3.63, 3.8) is 0 Å². The lowest BCUT2D eigenvalue weighted by Gasteiger charge is -2.27. The number of carbonyl (C=O) groups excluding carboxylic acids is 1. The van der Waals surface area contributed by atoms with Crippen LogP contribution in [0, 0.1) is 0 Å². The molecule has 2 atom stereocenters. The summed E-state index contributed by atoms with van der Waals surface area (Å²) < 4.78 is 5.00. The molecule has 1 unspecified atom stereocenters. The van der Waals surface area contributed by atoms with Gasteiger partial charge < -0.3 is 9.84 Å². The van der Waals surface area contributed by atoms with Crippen molar-refractivity contribution in [3.8, 4) is 0 Å². The third-order valence-corrected chi connectivity index (χ3v) is 4.64. The van der Waals surface area contributed by atoms with Gasteiger partial charge in [0.15, 0.2) is 0 Å². The molecule has 0 radical (unpaired) electrons. The number of amides is 1. The number of carboxylic acids is 1. The number of nitrogens with zero attached hydrogens (tertiary/aromatic N) is 1. The second-order valence-corrected chi connectivity index (χ2v) is 5.85. The lowest BCUT2D eigenvalue weighted by atomic mass is 10.2. The molecule has 5 nitrogen and oxygen atoms in total. The van der Waals surface area contributed by atoms with E-state index in [4.69, 9.17) is 16.3 Å². The molecule has 1 aliphatic rings. The van der Waals surface area contributed by atoms with E-state index in [1.165, 1.54) is 22.7 Å². The average molecular weight is 328 g/mol. The molecule has 1 fully saturated rings. The number of aliphatic carboxylic acids is 1. The van der Waals surface area contributed by atoms with Gasteiger partial charge in [0, 0.05) is 16.3 Å². The highest BCUT2D eigenvalue weighted by atomic mass is 35.5. The average Bonchev–Trinajstić information content (AvgIpc) is 2.90. The molecule has 0 aliphatic carbocycles. The fraction of sp³-hybridized carbons (Fsp3) is 0.286. The normalized spacial score (nSPS) is 21.1. The van der Waals surface area contributed by atoms with Crippen LogP contribution in [0.25, 0.3) is 0 Å². The van der Waals surface area contributed by atoms with Gasteiger partial charge in [0.1, 0.15) is 18.0 Å². The zero-order chi connectivity index (χ0) is 15.4. The predicted octanol–water partition coefficient (Wildman–Crippen LogP) is 3.16. The first-order valence-corrected chi connectivity index (χ1v) is 7.63. The molecule has 1 N–H and O–H groups in total. The largest absolute Gasteiger partial charge is 0.480 e. The van der Waals surface area contributed by atoms with Gasteiger partial charge in [-0.1, -0.05) is 42.5 Å². The number of hydrogen-bond acceptors (Lipinski definition) is 4. The molecule has 7 heteroatoms. The Morgan fingerprint density at radius 2 is 2.24 bits per heavy atom. The zero-order valence-electron chi connectivity index (χ0n) is 11.1. The van der Waals surface area contributed by atoms with E-state index in [9.17, 15) is 14.7 Å². The van der Waals surface area contributed by atoms with Crippen LogP contribution < -0.4 is 0 Å². The monoisotopic (exact) mass is 327 g/mol. The van der Waals surface area contributed by atoms with Crippen LogP contribution in [-0.4, -0.2) is 40.5 Å². The molecule has 0 bridgehead atoms. The minimum atomic E-state index is -1.06. The van der Waals surface area contributed by atoms with Crippen LogP contribution in [0.2, 0.25) is 5.02 Å². The van der Waals surface area contributed by atoms with Crippen LogP contribution in [0.1, 0.15) is 10.9 Å². The Bertz CT molecular complexity index is 566. The quantitative estimate of drug-likeness (QED) is 0.860. The second-order valence-electron chi connectivity index (χ2n) is 4.33. The van der Waals surface area contributed by atoms with Crippen LogP contribution in [0.3, 0.4) is 0 Å². The Morgan fingerprint density at radius 1 is 1.52 bits per heavy atom. The number of ether oxygens (including phenoxy) is 1. The molecule has 1 aromatic carbocycles. The van der Waals surface area contributed by atoms with Crippen molar-refractivity contribution in [2.75, 3.05) is 12.4 Å². The lowest BCUT2D eigenvalue weighted by molar-refractivity contribution is -0.141. The molecule has 0 aromatic heterocycles. The summed E-state index contributed by atoms with van der Waals surface area (Å²) in [5.74, 6) is -0.776. The van der Waals surface area contributed by atoms with Crippen LogP contribution in [-0.2, 0) is 9.53 Å². The first kappa shape index (κ1) is 15.7. The second kappa shape index (κ2) is 6.87. The van der Waals surface area contributed by atoms with E-state index in [1.807, 2.05) is 0 Å². The fourth-order valence-electron chi connectivity index (χ4n) is 2.04. The highest BCUT2D eigenvalue weighted by Crippen LogP contribution is 2.44. The standard InChI is InChI=1S/C14H14ClNO4S/c1-2-7-20-14(19)16-11(13(17)18)8-21-12(16)9-5-3-4-6-10(9)15/h2-6,11-12H,1,7-8H2,(H,17,18)/t11-,12?/m0/s1. The van der Waals surface area contributed by atoms with Gasteiger partial charge in [0.05, 0.1) is 0 Å². The van der Waals surface area contributed by atoms with Crippen LogP contribution in [0.4, 0.5) is 4.79 Å². The third-order valence-electron chi connectivity index (χ3n) is 2.99. The summed E-state index contributed by atoms with van der Waals surface area (Å²) in [6.45, 7) is 3.50. The van der Waals surface area contributed by atoms with Crippen molar-refractivity contribution in [3.05, 3.63) is 47.5 Å². The minimum Gasteiger partial charge on any atom is -0.480 e. The summed E-state index contributed by atoms with van der Waals surface area (Å²) in [5.41, 5.74) is 0.698. The first-order valence-electron chi connectivity index (χ1n) is 6.21. The summed E-state index contributed by atoms with van der Waals surface area (Å²) in [7, 11) is 0. The molecule has 21 heavy (non-hydrogen) atoms. The molecule has 1 amide bonds. The molecule has 1 aliphatic heterocycles. The maximum Gasteiger partial charge on any atom is 0.412 e. The van der Waals surface area contributed by atoms with Crippen molar-refractivity contribution in [2.45, 2.75) is 11.4 Å². The molecule has 112 valence electrons. The maximum atomic E-state index is 12.2. The maximum absolute atomic E-state index is 12.2. The van der Waals surface area contributed by atoms with Crippen LogP contribution >= 0.6 is 23.4 Å². The smallest absolute Gasteiger partial charge is 0.412 e. The van der Waals surface area contributed by atoms with Gasteiger partial charge in [0.2, 0.25) is 0 Å². The Labute approximate surface area is 131 Å². The first-order chi connectivity index (χ1) is 10.1. The number of thioether (sulfide) groups is 1. The summed E-state index contributed by atoms with van der Waals surface area (Å²) in [4.78, 5) is 24.7. The van der Waals surface area contributed by atoms with Crippen molar-refractivity contribution in [2.24, 2.45) is 0 Å². The van der Waals surface area contributed by atoms with Gasteiger partial charge in [-0.15, -0.1) is 11.8 Å². The molecule has 1 heterocycles. The Balaban J connectivity index is 2.31. The highest BCUT2D eigenvalue weighted by molar-refractivity contribution is 7.99. The fourth-order valence-corrected chi connectivity index (χ4v) is 3.79. The number of hydrogen-bond donors (Lipinski definition) is 1. The SMILES string of the molecule is C=CCOC(=O)N1C(c2ccccc2Cl)SC[C@H]1C(=O)O. The van der Waals surface area contributed by atoms with Crippen molar-refractivity contribution in [1.29, 1.82) is 0 Å². The minimum absolute atomic E-state index is 0.0293. The molecular weight excluding hydrogens is 314 g/mol. The number of rotatable bonds is 4. The Morgan fingerprint density at radius 3 is 2.86 bits per heavy atom. The van der Waals surface area contributed by atoms with E-state index in [1.54, 1.807) is 24.3 Å². The van der Waals surface area contributed by atoms with E-state index in [-0.39, 0.29) is 12.4 Å².